The first kappa shape index (κ1) is 19.7. The van der Waals surface area contributed by atoms with Gasteiger partial charge in [-0.2, -0.15) is 0 Å². The minimum atomic E-state index is -1.44. The lowest BCUT2D eigenvalue weighted by Crippen LogP contribution is -2.20. The molecular formula is C23H20F2N2O4. The van der Waals surface area contributed by atoms with Crippen molar-refractivity contribution in [3.05, 3.63) is 63.2 Å². The molecule has 0 radical (unpaired) electrons. The Bertz CT molecular complexity index is 1320. The number of aromatic nitrogens is 1. The molecule has 1 aliphatic heterocycles. The Labute approximate surface area is 176 Å². The molecule has 1 saturated carbocycles. The molecule has 8 heteroatoms. The van der Waals surface area contributed by atoms with Crippen molar-refractivity contribution < 1.29 is 23.4 Å². The number of carboxylic acids is 1. The van der Waals surface area contributed by atoms with Crippen molar-refractivity contribution in [2.75, 3.05) is 14.2 Å². The molecule has 2 heterocycles. The van der Waals surface area contributed by atoms with E-state index in [9.17, 15) is 19.1 Å². The first-order valence-electron chi connectivity index (χ1n) is 9.93. The third-order valence-electron chi connectivity index (χ3n) is 6.07. The topological polar surface area (TPSA) is 71.8 Å². The van der Waals surface area contributed by atoms with E-state index in [0.717, 1.165) is 36.5 Å². The summed E-state index contributed by atoms with van der Waals surface area (Å²) < 4.78 is 36.3. The van der Waals surface area contributed by atoms with Crippen LogP contribution in [0.15, 0.2) is 35.3 Å². The third-order valence-corrected chi connectivity index (χ3v) is 6.07. The van der Waals surface area contributed by atoms with Crippen LogP contribution in [0.2, 0.25) is 0 Å². The fraction of sp³-hybridized carbons (Fsp3) is 0.304. The van der Waals surface area contributed by atoms with Crippen molar-refractivity contribution in [3.8, 4) is 16.9 Å². The number of rotatable bonds is 4. The number of carbonyl (C=O) groups is 1. The summed E-state index contributed by atoms with van der Waals surface area (Å²) in [5.41, 5.74) is 1.84. The summed E-state index contributed by atoms with van der Waals surface area (Å²) in [5.74, 6) is -2.05. The molecular weight excluding hydrogens is 406 g/mol. The summed E-state index contributed by atoms with van der Waals surface area (Å²) in [6.45, 7) is 1.54. The summed E-state index contributed by atoms with van der Waals surface area (Å²) in [5, 5.41) is 9.28. The van der Waals surface area contributed by atoms with Gasteiger partial charge in [0.05, 0.1) is 29.6 Å². The predicted molar refractivity (Wildman–Crippen MR) is 111 cm³/mol. The maximum atomic E-state index is 15.4. The third kappa shape index (κ3) is 3.01. The fourth-order valence-electron chi connectivity index (χ4n) is 4.50. The number of hydrogen-bond acceptors (Lipinski definition) is 4. The summed E-state index contributed by atoms with van der Waals surface area (Å²) in [6.07, 6.45) is 0.165. The van der Waals surface area contributed by atoms with Crippen molar-refractivity contribution >= 4 is 16.9 Å². The van der Waals surface area contributed by atoms with Crippen LogP contribution in [-0.2, 0) is 13.1 Å². The van der Waals surface area contributed by atoms with E-state index in [1.54, 1.807) is 6.07 Å². The fourth-order valence-corrected chi connectivity index (χ4v) is 4.50. The molecule has 5 rings (SSSR count). The molecule has 2 unspecified atom stereocenters. The molecule has 0 bridgehead atoms. The van der Waals surface area contributed by atoms with Gasteiger partial charge in [-0.05, 0) is 35.9 Å². The molecule has 2 aromatic carbocycles. The molecule has 0 saturated heterocycles. The lowest BCUT2D eigenvalue weighted by molar-refractivity contribution is 0.0694. The van der Waals surface area contributed by atoms with E-state index >= 15 is 4.39 Å². The second kappa shape index (κ2) is 6.88. The average molecular weight is 426 g/mol. The van der Waals surface area contributed by atoms with Gasteiger partial charge in [-0.25, -0.2) is 13.6 Å². The SMILES string of the molecule is COc1c(-c2ccc3c(c2)CN(C)C3)c(F)cc2c(=O)c(C(=O)O)cn(C3CC3F)c12. The van der Waals surface area contributed by atoms with Gasteiger partial charge in [-0.15, -0.1) is 0 Å². The predicted octanol–water partition coefficient (Wildman–Crippen LogP) is 3.74. The number of aromatic carboxylic acids is 1. The van der Waals surface area contributed by atoms with Crippen LogP contribution in [0.5, 0.6) is 5.75 Å². The molecule has 1 aromatic heterocycles. The minimum absolute atomic E-state index is 0.0921. The largest absolute Gasteiger partial charge is 0.494 e. The summed E-state index contributed by atoms with van der Waals surface area (Å²) >= 11 is 0. The highest BCUT2D eigenvalue weighted by atomic mass is 19.1. The van der Waals surface area contributed by atoms with Crippen LogP contribution in [0.3, 0.4) is 0 Å². The van der Waals surface area contributed by atoms with E-state index in [0.29, 0.717) is 5.56 Å². The molecule has 1 fully saturated rings. The van der Waals surface area contributed by atoms with Gasteiger partial charge in [-0.1, -0.05) is 12.1 Å². The highest BCUT2D eigenvalue weighted by Crippen LogP contribution is 2.45. The lowest BCUT2D eigenvalue weighted by atomic mass is 9.97. The van der Waals surface area contributed by atoms with Crippen LogP contribution in [-0.4, -0.2) is 40.9 Å². The molecule has 0 amide bonds. The standard InChI is InChI=1S/C23H20F2N2O4/c1-26-8-12-4-3-11(5-13(12)9-26)19-17(25)6-14-20(22(19)31-2)27(18-7-16(18)24)10-15(21(14)28)23(29)30/h3-6,10,16,18H,7-9H2,1-2H3,(H,29,30). The minimum Gasteiger partial charge on any atom is -0.494 e. The maximum Gasteiger partial charge on any atom is 0.341 e. The van der Waals surface area contributed by atoms with Gasteiger partial charge in [0.2, 0.25) is 5.43 Å². The summed E-state index contributed by atoms with van der Waals surface area (Å²) in [4.78, 5) is 26.5. The number of ether oxygens (including phenoxy) is 1. The van der Waals surface area contributed by atoms with E-state index < -0.39 is 35.0 Å². The normalized spacial score (nSPS) is 20.1. The Kier molecular flexibility index (Phi) is 4.37. The average Bonchev–Trinajstić information content (AvgIpc) is 3.32. The molecule has 1 N–H and O–H groups in total. The number of fused-ring (bicyclic) bond motifs is 2. The van der Waals surface area contributed by atoms with Gasteiger partial charge in [0.25, 0.3) is 0 Å². The van der Waals surface area contributed by atoms with Crippen molar-refractivity contribution in [3.63, 3.8) is 0 Å². The molecule has 160 valence electrons. The van der Waals surface area contributed by atoms with Gasteiger partial charge >= 0.3 is 5.97 Å². The van der Waals surface area contributed by atoms with Crippen LogP contribution in [0.4, 0.5) is 8.78 Å². The maximum absolute atomic E-state index is 15.4. The number of halogens is 2. The van der Waals surface area contributed by atoms with E-state index in [1.165, 1.54) is 11.7 Å². The highest BCUT2D eigenvalue weighted by Gasteiger charge is 2.41. The van der Waals surface area contributed by atoms with Crippen LogP contribution in [0.25, 0.3) is 22.0 Å². The number of hydrogen-bond donors (Lipinski definition) is 1. The van der Waals surface area contributed by atoms with Crippen LogP contribution < -0.4 is 10.2 Å². The van der Waals surface area contributed by atoms with Crippen LogP contribution in [0.1, 0.15) is 33.9 Å². The molecule has 2 atom stereocenters. The number of methoxy groups -OCH3 is 1. The summed E-state index contributed by atoms with van der Waals surface area (Å²) in [6, 6.07) is 6.05. The van der Waals surface area contributed by atoms with E-state index in [-0.39, 0.29) is 28.6 Å². The van der Waals surface area contributed by atoms with Crippen LogP contribution >= 0.6 is 0 Å². The van der Waals surface area contributed by atoms with E-state index in [4.69, 9.17) is 4.74 Å². The van der Waals surface area contributed by atoms with Crippen molar-refractivity contribution in [1.82, 2.24) is 9.47 Å². The Morgan fingerprint density at radius 3 is 2.58 bits per heavy atom. The number of benzene rings is 2. The van der Waals surface area contributed by atoms with Crippen molar-refractivity contribution in [2.24, 2.45) is 0 Å². The second-order valence-electron chi connectivity index (χ2n) is 8.22. The zero-order chi connectivity index (χ0) is 22.0. The molecule has 3 aromatic rings. The zero-order valence-electron chi connectivity index (χ0n) is 17.0. The summed E-state index contributed by atoms with van der Waals surface area (Å²) in [7, 11) is 3.36. The quantitative estimate of drug-likeness (QED) is 0.688. The Balaban J connectivity index is 1.83. The Morgan fingerprint density at radius 1 is 1.23 bits per heavy atom. The molecule has 1 aliphatic carbocycles. The van der Waals surface area contributed by atoms with Crippen LogP contribution in [0, 0.1) is 5.82 Å². The van der Waals surface area contributed by atoms with Gasteiger partial charge < -0.3 is 14.4 Å². The zero-order valence-corrected chi connectivity index (χ0v) is 17.0. The molecule has 6 nitrogen and oxygen atoms in total. The Hall–Kier alpha value is -3.26. The number of nitrogens with zero attached hydrogens (tertiary/aromatic N) is 2. The smallest absolute Gasteiger partial charge is 0.341 e. The first-order chi connectivity index (χ1) is 14.8. The molecule has 31 heavy (non-hydrogen) atoms. The van der Waals surface area contributed by atoms with E-state index in [2.05, 4.69) is 4.90 Å². The van der Waals surface area contributed by atoms with Gasteiger partial charge in [0.15, 0.2) is 5.75 Å². The first-order valence-corrected chi connectivity index (χ1v) is 9.93. The highest BCUT2D eigenvalue weighted by molar-refractivity contribution is 5.98. The number of alkyl halides is 1. The number of carboxylic acid groups (broad SMARTS) is 1. The van der Waals surface area contributed by atoms with Gasteiger partial charge in [0.1, 0.15) is 17.6 Å². The Morgan fingerprint density at radius 2 is 1.94 bits per heavy atom. The monoisotopic (exact) mass is 426 g/mol. The lowest BCUT2D eigenvalue weighted by Gasteiger charge is -2.18. The van der Waals surface area contributed by atoms with E-state index in [1.807, 2.05) is 19.2 Å². The molecule has 0 spiro atoms. The molecule has 2 aliphatic rings. The van der Waals surface area contributed by atoms with Gasteiger partial charge in [-0.3, -0.25) is 9.69 Å². The van der Waals surface area contributed by atoms with Crippen molar-refractivity contribution in [1.29, 1.82) is 0 Å². The van der Waals surface area contributed by atoms with Gasteiger partial charge in [0, 0.05) is 25.7 Å². The van der Waals surface area contributed by atoms with Crippen molar-refractivity contribution in [2.45, 2.75) is 31.7 Å². The number of pyridine rings is 1. The second-order valence-corrected chi connectivity index (χ2v) is 8.22.